The highest BCUT2D eigenvalue weighted by molar-refractivity contribution is 7.14. The van der Waals surface area contributed by atoms with Crippen molar-refractivity contribution in [2.24, 2.45) is 0 Å². The molecule has 0 spiro atoms. The van der Waals surface area contributed by atoms with Crippen molar-refractivity contribution in [3.05, 3.63) is 21.4 Å². The van der Waals surface area contributed by atoms with E-state index in [1.807, 2.05) is 6.92 Å². The van der Waals surface area contributed by atoms with E-state index in [0.717, 1.165) is 30.1 Å². The number of carboxylic acids is 1. The van der Waals surface area contributed by atoms with Crippen LogP contribution < -0.4 is 5.32 Å². The zero-order valence-corrected chi connectivity index (χ0v) is 13.9. The Morgan fingerprint density at radius 3 is 2.40 bits per heavy atom. The molecule has 0 aliphatic heterocycles. The van der Waals surface area contributed by atoms with Gasteiger partial charge in [0.15, 0.2) is 0 Å². The third-order valence-corrected chi connectivity index (χ3v) is 4.50. The molecule has 1 aromatic heterocycles. The second-order valence-electron chi connectivity index (χ2n) is 5.60. The van der Waals surface area contributed by atoms with Gasteiger partial charge in [0, 0.05) is 36.6 Å². The second kappa shape index (κ2) is 7.76. The summed E-state index contributed by atoms with van der Waals surface area (Å²) in [5.41, 5.74) is 1.09. The van der Waals surface area contributed by atoms with Gasteiger partial charge in [0.1, 0.15) is 4.88 Å². The van der Waals surface area contributed by atoms with Gasteiger partial charge in [0.25, 0.3) is 0 Å². The van der Waals surface area contributed by atoms with Crippen LogP contribution in [0.2, 0.25) is 0 Å². The molecule has 2 N–H and O–H groups in total. The molecule has 0 bridgehead atoms. The van der Waals surface area contributed by atoms with Crippen molar-refractivity contribution in [2.75, 3.05) is 13.1 Å². The van der Waals surface area contributed by atoms with E-state index in [2.05, 4.69) is 37.9 Å². The molecular formula is C15H26N2O2S. The summed E-state index contributed by atoms with van der Waals surface area (Å²) in [7, 11) is 0. The Balaban J connectivity index is 2.43. The minimum Gasteiger partial charge on any atom is -0.477 e. The SMILES string of the molecule is Cc1sc(C(=O)O)cc1CNCCN(C(C)C)C(C)C. The number of rotatable bonds is 8. The average Bonchev–Trinajstić information content (AvgIpc) is 2.70. The van der Waals surface area contributed by atoms with Gasteiger partial charge >= 0.3 is 5.97 Å². The molecule has 0 radical (unpaired) electrons. The van der Waals surface area contributed by atoms with Gasteiger partial charge < -0.3 is 10.4 Å². The summed E-state index contributed by atoms with van der Waals surface area (Å²) in [5, 5.41) is 12.4. The van der Waals surface area contributed by atoms with Gasteiger partial charge in [0.05, 0.1) is 0 Å². The number of aryl methyl sites for hydroxylation is 1. The Hall–Kier alpha value is -0.910. The second-order valence-corrected chi connectivity index (χ2v) is 6.86. The number of aromatic carboxylic acids is 1. The van der Waals surface area contributed by atoms with Crippen LogP contribution in [0.5, 0.6) is 0 Å². The van der Waals surface area contributed by atoms with Crippen molar-refractivity contribution < 1.29 is 9.90 Å². The molecule has 1 aromatic rings. The highest BCUT2D eigenvalue weighted by Crippen LogP contribution is 2.21. The highest BCUT2D eigenvalue weighted by atomic mass is 32.1. The standard InChI is InChI=1S/C15H26N2O2S/c1-10(2)17(11(3)4)7-6-16-9-13-8-14(15(18)19)20-12(13)5/h8,10-11,16H,6-7,9H2,1-5H3,(H,18,19). The quantitative estimate of drug-likeness (QED) is 0.725. The summed E-state index contributed by atoms with van der Waals surface area (Å²) in [4.78, 5) is 14.9. The molecule has 4 nitrogen and oxygen atoms in total. The van der Waals surface area contributed by atoms with Crippen LogP contribution in [0.1, 0.15) is 47.8 Å². The van der Waals surface area contributed by atoms with Crippen LogP contribution in [0.25, 0.3) is 0 Å². The summed E-state index contributed by atoms with van der Waals surface area (Å²) in [6, 6.07) is 2.86. The summed E-state index contributed by atoms with van der Waals surface area (Å²) < 4.78 is 0. The number of carboxylic acid groups (broad SMARTS) is 1. The minimum atomic E-state index is -0.838. The molecule has 1 rings (SSSR count). The van der Waals surface area contributed by atoms with E-state index < -0.39 is 5.97 Å². The molecule has 0 amide bonds. The lowest BCUT2D eigenvalue weighted by molar-refractivity contribution is 0.0702. The zero-order valence-electron chi connectivity index (χ0n) is 13.1. The first kappa shape index (κ1) is 17.1. The highest BCUT2D eigenvalue weighted by Gasteiger charge is 2.13. The van der Waals surface area contributed by atoms with Crippen LogP contribution in [0.4, 0.5) is 0 Å². The summed E-state index contributed by atoms with van der Waals surface area (Å²) in [6.07, 6.45) is 0. The fraction of sp³-hybridized carbons (Fsp3) is 0.667. The lowest BCUT2D eigenvalue weighted by Crippen LogP contribution is -2.41. The third kappa shape index (κ3) is 4.89. The van der Waals surface area contributed by atoms with E-state index in [1.54, 1.807) is 6.07 Å². The monoisotopic (exact) mass is 298 g/mol. The maximum absolute atomic E-state index is 10.9. The van der Waals surface area contributed by atoms with E-state index in [0.29, 0.717) is 17.0 Å². The number of thiophene rings is 1. The Kier molecular flexibility index (Phi) is 6.65. The first-order valence-corrected chi connectivity index (χ1v) is 7.93. The van der Waals surface area contributed by atoms with Gasteiger partial charge in [-0.3, -0.25) is 4.90 Å². The molecule has 0 fully saturated rings. The molecular weight excluding hydrogens is 272 g/mol. The zero-order chi connectivity index (χ0) is 15.3. The number of hydrogen-bond donors (Lipinski definition) is 2. The van der Waals surface area contributed by atoms with Gasteiger partial charge in [0.2, 0.25) is 0 Å². The lowest BCUT2D eigenvalue weighted by Gasteiger charge is -2.30. The van der Waals surface area contributed by atoms with Gasteiger partial charge in [-0.2, -0.15) is 0 Å². The van der Waals surface area contributed by atoms with Gasteiger partial charge in [-0.15, -0.1) is 11.3 Å². The molecule has 20 heavy (non-hydrogen) atoms. The van der Waals surface area contributed by atoms with E-state index in [1.165, 1.54) is 11.3 Å². The van der Waals surface area contributed by atoms with Gasteiger partial charge in [-0.05, 0) is 46.2 Å². The Labute approximate surface area is 125 Å². The van der Waals surface area contributed by atoms with Crippen LogP contribution in [-0.4, -0.2) is 41.1 Å². The lowest BCUT2D eigenvalue weighted by atomic mass is 10.2. The molecule has 114 valence electrons. The minimum absolute atomic E-state index is 0.422. The van der Waals surface area contributed by atoms with Crippen molar-refractivity contribution in [1.82, 2.24) is 10.2 Å². The predicted octanol–water partition coefficient (Wildman–Crippen LogP) is 2.96. The van der Waals surface area contributed by atoms with Crippen molar-refractivity contribution in [3.63, 3.8) is 0 Å². The fourth-order valence-electron chi connectivity index (χ4n) is 2.34. The first-order valence-electron chi connectivity index (χ1n) is 7.12. The Morgan fingerprint density at radius 1 is 1.35 bits per heavy atom. The summed E-state index contributed by atoms with van der Waals surface area (Å²) in [5.74, 6) is -0.838. The van der Waals surface area contributed by atoms with Crippen LogP contribution in [0.3, 0.4) is 0 Å². The molecule has 5 heteroatoms. The van der Waals surface area contributed by atoms with E-state index >= 15 is 0 Å². The topological polar surface area (TPSA) is 52.6 Å². The average molecular weight is 298 g/mol. The van der Waals surface area contributed by atoms with Crippen molar-refractivity contribution >= 4 is 17.3 Å². The Morgan fingerprint density at radius 2 is 1.95 bits per heavy atom. The van der Waals surface area contributed by atoms with Gasteiger partial charge in [-0.25, -0.2) is 4.79 Å². The molecule has 0 unspecified atom stereocenters. The number of carbonyl (C=O) groups is 1. The summed E-state index contributed by atoms with van der Waals surface area (Å²) in [6.45, 7) is 13.5. The maximum Gasteiger partial charge on any atom is 0.345 e. The normalized spacial score (nSPS) is 11.8. The summed E-state index contributed by atoms with van der Waals surface area (Å²) >= 11 is 1.35. The Bertz CT molecular complexity index is 433. The molecule has 0 aliphatic carbocycles. The first-order chi connectivity index (χ1) is 9.32. The molecule has 0 aliphatic rings. The van der Waals surface area contributed by atoms with Crippen LogP contribution >= 0.6 is 11.3 Å². The van der Waals surface area contributed by atoms with Crippen molar-refractivity contribution in [2.45, 2.75) is 53.2 Å². The van der Waals surface area contributed by atoms with Crippen LogP contribution in [0, 0.1) is 6.92 Å². The molecule has 0 saturated heterocycles. The largest absolute Gasteiger partial charge is 0.477 e. The molecule has 0 aromatic carbocycles. The number of nitrogens with zero attached hydrogens (tertiary/aromatic N) is 1. The van der Waals surface area contributed by atoms with E-state index in [4.69, 9.17) is 5.11 Å². The van der Waals surface area contributed by atoms with Gasteiger partial charge in [-0.1, -0.05) is 0 Å². The van der Waals surface area contributed by atoms with Crippen molar-refractivity contribution in [3.8, 4) is 0 Å². The van der Waals surface area contributed by atoms with Crippen molar-refractivity contribution in [1.29, 1.82) is 0 Å². The molecule has 0 saturated carbocycles. The maximum atomic E-state index is 10.9. The molecule has 0 atom stereocenters. The number of nitrogens with one attached hydrogen (secondary N) is 1. The van der Waals surface area contributed by atoms with E-state index in [-0.39, 0.29) is 0 Å². The third-order valence-electron chi connectivity index (χ3n) is 3.42. The van der Waals surface area contributed by atoms with E-state index in [9.17, 15) is 4.79 Å². The smallest absolute Gasteiger partial charge is 0.345 e. The fourth-order valence-corrected chi connectivity index (χ4v) is 3.23. The molecule has 1 heterocycles. The van der Waals surface area contributed by atoms with Crippen LogP contribution in [-0.2, 0) is 6.54 Å². The van der Waals surface area contributed by atoms with Crippen LogP contribution in [0.15, 0.2) is 6.07 Å². The predicted molar refractivity (Wildman–Crippen MR) is 84.7 cm³/mol. The number of hydrogen-bond acceptors (Lipinski definition) is 4.